The summed E-state index contributed by atoms with van der Waals surface area (Å²) >= 11 is 3.18. The van der Waals surface area contributed by atoms with Crippen LogP contribution in [0.2, 0.25) is 0 Å². The first-order valence-electron chi connectivity index (χ1n) is 4.61. The van der Waals surface area contributed by atoms with E-state index in [2.05, 4.69) is 21.2 Å². The summed E-state index contributed by atoms with van der Waals surface area (Å²) in [6, 6.07) is 4.38. The molecule has 16 heavy (non-hydrogen) atoms. The van der Waals surface area contributed by atoms with Gasteiger partial charge in [-0.3, -0.25) is 0 Å². The molecule has 0 saturated carbocycles. The molecule has 6 heteroatoms. The van der Waals surface area contributed by atoms with Crippen LogP contribution in [0.3, 0.4) is 0 Å². The molecule has 1 atom stereocenters. The number of benzene rings is 1. The van der Waals surface area contributed by atoms with E-state index in [1.165, 1.54) is 6.07 Å². The van der Waals surface area contributed by atoms with Gasteiger partial charge in [0.25, 0.3) is 6.43 Å². The maximum atomic E-state index is 13.2. The van der Waals surface area contributed by atoms with Crippen molar-refractivity contribution in [1.82, 2.24) is 5.32 Å². The van der Waals surface area contributed by atoms with Gasteiger partial charge in [0.1, 0.15) is 11.9 Å². The van der Waals surface area contributed by atoms with Gasteiger partial charge in [-0.25, -0.2) is 13.2 Å². The van der Waals surface area contributed by atoms with Crippen LogP contribution in [0.4, 0.5) is 13.2 Å². The maximum Gasteiger partial charge on any atom is 0.265 e. The highest BCUT2D eigenvalue weighted by Crippen LogP contribution is 2.15. The summed E-state index contributed by atoms with van der Waals surface area (Å²) < 4.78 is 37.7. The van der Waals surface area contributed by atoms with Crippen LogP contribution in [0.25, 0.3) is 0 Å². The molecule has 0 bridgehead atoms. The van der Waals surface area contributed by atoms with Gasteiger partial charge in [-0.15, -0.1) is 0 Å². The zero-order chi connectivity index (χ0) is 12.1. The van der Waals surface area contributed by atoms with Gasteiger partial charge in [0.2, 0.25) is 0 Å². The second-order valence-electron chi connectivity index (χ2n) is 3.27. The zero-order valence-corrected chi connectivity index (χ0v) is 9.85. The SMILES string of the molecule is OC(CNCc1cc(Br)ccc1F)C(F)F. The first-order valence-corrected chi connectivity index (χ1v) is 5.41. The summed E-state index contributed by atoms with van der Waals surface area (Å²) in [7, 11) is 0. The lowest BCUT2D eigenvalue weighted by atomic mass is 10.2. The number of hydrogen-bond donors (Lipinski definition) is 2. The molecule has 0 heterocycles. The average Bonchev–Trinajstić information content (AvgIpc) is 2.22. The summed E-state index contributed by atoms with van der Waals surface area (Å²) in [6.45, 7) is -0.182. The van der Waals surface area contributed by atoms with E-state index in [9.17, 15) is 13.2 Å². The van der Waals surface area contributed by atoms with Crippen LogP contribution in [0.5, 0.6) is 0 Å². The number of alkyl halides is 2. The van der Waals surface area contributed by atoms with Gasteiger partial charge in [-0.1, -0.05) is 15.9 Å². The van der Waals surface area contributed by atoms with Crippen molar-refractivity contribution in [2.75, 3.05) is 6.54 Å². The molecule has 0 aliphatic heterocycles. The zero-order valence-electron chi connectivity index (χ0n) is 8.26. The molecule has 1 aromatic rings. The van der Waals surface area contributed by atoms with Crippen LogP contribution in [0.1, 0.15) is 5.56 Å². The fourth-order valence-corrected chi connectivity index (χ4v) is 1.53. The van der Waals surface area contributed by atoms with E-state index in [1.807, 2.05) is 0 Å². The van der Waals surface area contributed by atoms with E-state index in [4.69, 9.17) is 5.11 Å². The summed E-state index contributed by atoms with van der Waals surface area (Å²) in [5.74, 6) is -0.415. The lowest BCUT2D eigenvalue weighted by molar-refractivity contribution is -0.00343. The van der Waals surface area contributed by atoms with E-state index in [-0.39, 0.29) is 13.1 Å². The highest BCUT2D eigenvalue weighted by atomic mass is 79.9. The molecule has 0 aliphatic carbocycles. The minimum atomic E-state index is -2.79. The van der Waals surface area contributed by atoms with Gasteiger partial charge < -0.3 is 10.4 Å². The number of halogens is 4. The predicted octanol–water partition coefficient (Wildman–Crippen LogP) is 2.30. The van der Waals surface area contributed by atoms with E-state index < -0.39 is 18.3 Å². The van der Waals surface area contributed by atoms with Crippen molar-refractivity contribution < 1.29 is 18.3 Å². The Bertz CT molecular complexity index is 349. The second-order valence-corrected chi connectivity index (χ2v) is 4.18. The molecular weight excluding hydrogens is 287 g/mol. The quantitative estimate of drug-likeness (QED) is 0.874. The molecule has 0 spiro atoms. The van der Waals surface area contributed by atoms with Gasteiger partial charge in [-0.05, 0) is 18.2 Å². The Morgan fingerprint density at radius 2 is 2.06 bits per heavy atom. The van der Waals surface area contributed by atoms with Crippen LogP contribution in [-0.2, 0) is 6.54 Å². The number of aliphatic hydroxyl groups excluding tert-OH is 1. The third kappa shape index (κ3) is 4.11. The van der Waals surface area contributed by atoms with Gasteiger partial charge >= 0.3 is 0 Å². The third-order valence-electron chi connectivity index (χ3n) is 1.97. The molecule has 1 unspecified atom stereocenters. The first-order chi connectivity index (χ1) is 7.50. The van der Waals surface area contributed by atoms with Crippen LogP contribution in [0.15, 0.2) is 22.7 Å². The first kappa shape index (κ1) is 13.5. The topological polar surface area (TPSA) is 32.3 Å². The van der Waals surface area contributed by atoms with Crippen LogP contribution in [0, 0.1) is 5.82 Å². The molecule has 0 aliphatic rings. The van der Waals surface area contributed by atoms with Crippen LogP contribution < -0.4 is 5.32 Å². The lowest BCUT2D eigenvalue weighted by Crippen LogP contribution is -2.31. The summed E-state index contributed by atoms with van der Waals surface area (Å²) in [5, 5.41) is 11.4. The smallest absolute Gasteiger partial charge is 0.265 e. The number of hydrogen-bond acceptors (Lipinski definition) is 2. The van der Waals surface area contributed by atoms with Gasteiger partial charge in [0, 0.05) is 23.1 Å². The second kappa shape index (κ2) is 6.22. The van der Waals surface area contributed by atoms with E-state index in [0.717, 1.165) is 0 Å². The Morgan fingerprint density at radius 1 is 1.38 bits per heavy atom. The fourth-order valence-electron chi connectivity index (χ4n) is 1.12. The van der Waals surface area contributed by atoms with Crippen molar-refractivity contribution in [3.63, 3.8) is 0 Å². The van der Waals surface area contributed by atoms with E-state index in [0.29, 0.717) is 10.0 Å². The van der Waals surface area contributed by atoms with Crippen molar-refractivity contribution in [2.45, 2.75) is 19.1 Å². The number of aliphatic hydroxyl groups is 1. The monoisotopic (exact) mass is 297 g/mol. The van der Waals surface area contributed by atoms with Gasteiger partial charge in [0.15, 0.2) is 0 Å². The molecule has 0 fully saturated rings. The van der Waals surface area contributed by atoms with Crippen molar-refractivity contribution in [3.05, 3.63) is 34.1 Å². The molecule has 0 saturated heterocycles. The molecule has 0 radical (unpaired) electrons. The van der Waals surface area contributed by atoms with Gasteiger partial charge in [-0.2, -0.15) is 0 Å². The molecule has 2 N–H and O–H groups in total. The van der Waals surface area contributed by atoms with Crippen LogP contribution >= 0.6 is 15.9 Å². The minimum Gasteiger partial charge on any atom is -0.386 e. The molecule has 2 nitrogen and oxygen atoms in total. The highest BCUT2D eigenvalue weighted by Gasteiger charge is 2.15. The highest BCUT2D eigenvalue weighted by molar-refractivity contribution is 9.10. The van der Waals surface area contributed by atoms with Crippen molar-refractivity contribution in [2.24, 2.45) is 0 Å². The normalized spacial score (nSPS) is 13.1. The van der Waals surface area contributed by atoms with Crippen LogP contribution in [-0.4, -0.2) is 24.2 Å². The molecule has 0 amide bonds. The summed E-state index contributed by atoms with van der Waals surface area (Å²) in [6.07, 6.45) is -4.52. The van der Waals surface area contributed by atoms with E-state index in [1.54, 1.807) is 12.1 Å². The molecule has 90 valence electrons. The van der Waals surface area contributed by atoms with Crippen molar-refractivity contribution in [1.29, 1.82) is 0 Å². The molecule has 0 aromatic heterocycles. The van der Waals surface area contributed by atoms with Crippen molar-refractivity contribution >= 4 is 15.9 Å². The maximum absolute atomic E-state index is 13.2. The van der Waals surface area contributed by atoms with Gasteiger partial charge in [0.05, 0.1) is 0 Å². The number of rotatable bonds is 5. The predicted molar refractivity (Wildman–Crippen MR) is 57.8 cm³/mol. The summed E-state index contributed by atoms with van der Waals surface area (Å²) in [5.41, 5.74) is 0.357. The third-order valence-corrected chi connectivity index (χ3v) is 2.46. The average molecular weight is 298 g/mol. The Kier molecular flexibility index (Phi) is 5.24. The Hall–Kier alpha value is -0.590. The fraction of sp³-hybridized carbons (Fsp3) is 0.400. The molecule has 1 aromatic carbocycles. The lowest BCUT2D eigenvalue weighted by Gasteiger charge is -2.11. The minimum absolute atomic E-state index is 0.0923. The standard InChI is InChI=1S/C10H11BrF3NO/c11-7-1-2-8(12)6(3-7)4-15-5-9(16)10(13)14/h1-3,9-10,15-16H,4-5H2. The largest absolute Gasteiger partial charge is 0.386 e. The molecular formula is C10H11BrF3NO. The number of nitrogens with one attached hydrogen (secondary N) is 1. The van der Waals surface area contributed by atoms with E-state index >= 15 is 0 Å². The Morgan fingerprint density at radius 3 is 2.69 bits per heavy atom. The van der Waals surface area contributed by atoms with Crippen molar-refractivity contribution in [3.8, 4) is 0 Å². The summed E-state index contributed by atoms with van der Waals surface area (Å²) in [4.78, 5) is 0. The Labute approximate surface area is 99.6 Å². The molecule has 1 rings (SSSR count). The Balaban J connectivity index is 2.45.